The number of aryl methyl sites for hydroxylation is 1. The van der Waals surface area contributed by atoms with Crippen LogP contribution in [-0.2, 0) is 9.53 Å². The molecule has 0 aliphatic rings. The van der Waals surface area contributed by atoms with Gasteiger partial charge in [-0.05, 0) is 43.2 Å². The number of para-hydroxylation sites is 1. The molecule has 1 atom stereocenters. The molecule has 0 radical (unpaired) electrons. The number of ether oxygens (including phenoxy) is 2. The Morgan fingerprint density at radius 3 is 2.56 bits per heavy atom. The number of hydrogen-bond donors (Lipinski definition) is 1. The van der Waals surface area contributed by atoms with Crippen molar-refractivity contribution in [3.05, 3.63) is 59.4 Å². The summed E-state index contributed by atoms with van der Waals surface area (Å²) >= 11 is 0. The van der Waals surface area contributed by atoms with Crippen molar-refractivity contribution in [1.29, 1.82) is 0 Å². The summed E-state index contributed by atoms with van der Waals surface area (Å²) in [6, 6.07) is 10.8. The van der Waals surface area contributed by atoms with Gasteiger partial charge >= 0.3 is 5.97 Å². The number of carbonyl (C=O) groups is 2. The Hall–Kier alpha value is -2.89. The van der Waals surface area contributed by atoms with Crippen LogP contribution in [0.3, 0.4) is 0 Å². The van der Waals surface area contributed by atoms with Gasteiger partial charge in [0.2, 0.25) is 0 Å². The molecule has 0 saturated carbocycles. The zero-order valence-corrected chi connectivity index (χ0v) is 14.3. The third-order valence-corrected chi connectivity index (χ3v) is 3.69. The molecule has 0 aliphatic carbocycles. The lowest BCUT2D eigenvalue weighted by Crippen LogP contribution is -2.33. The number of rotatable bonds is 6. The van der Waals surface area contributed by atoms with Crippen LogP contribution >= 0.6 is 0 Å². The Morgan fingerprint density at radius 1 is 1.20 bits per heavy atom. The van der Waals surface area contributed by atoms with Crippen molar-refractivity contribution < 1.29 is 23.5 Å². The standard InChI is InChI=1S/C19H20FNO4/c1-4-16(25-17-8-6-5-7-14(17)20)18(22)21-15-11-13(19(23)24-3)10-9-12(15)2/h5-11,16H,4H2,1-3H3,(H,21,22)/t16-/m1/s1. The second-order valence-corrected chi connectivity index (χ2v) is 5.46. The highest BCUT2D eigenvalue weighted by molar-refractivity contribution is 5.97. The molecule has 0 bridgehead atoms. The molecule has 2 rings (SSSR count). The van der Waals surface area contributed by atoms with Crippen LogP contribution in [0.4, 0.5) is 10.1 Å². The van der Waals surface area contributed by atoms with Gasteiger partial charge in [0.25, 0.3) is 5.91 Å². The van der Waals surface area contributed by atoms with Crippen LogP contribution in [0.1, 0.15) is 29.3 Å². The molecule has 0 spiro atoms. The minimum Gasteiger partial charge on any atom is -0.478 e. The largest absolute Gasteiger partial charge is 0.478 e. The summed E-state index contributed by atoms with van der Waals surface area (Å²) in [6.45, 7) is 3.57. The second-order valence-electron chi connectivity index (χ2n) is 5.46. The molecule has 132 valence electrons. The van der Waals surface area contributed by atoms with Crippen LogP contribution < -0.4 is 10.1 Å². The fraction of sp³-hybridized carbons (Fsp3) is 0.263. The zero-order chi connectivity index (χ0) is 18.4. The number of anilines is 1. The van der Waals surface area contributed by atoms with Crippen molar-refractivity contribution in [2.24, 2.45) is 0 Å². The molecule has 1 amide bonds. The quantitative estimate of drug-likeness (QED) is 0.811. The summed E-state index contributed by atoms with van der Waals surface area (Å²) in [5, 5.41) is 2.73. The molecule has 6 heteroatoms. The normalized spacial score (nSPS) is 11.5. The Balaban J connectivity index is 2.17. The van der Waals surface area contributed by atoms with Gasteiger partial charge in [0.1, 0.15) is 0 Å². The molecule has 1 N–H and O–H groups in total. The van der Waals surface area contributed by atoms with E-state index in [9.17, 15) is 14.0 Å². The van der Waals surface area contributed by atoms with Crippen molar-refractivity contribution in [3.8, 4) is 5.75 Å². The molecule has 0 unspecified atom stereocenters. The van der Waals surface area contributed by atoms with Crippen LogP contribution in [0.2, 0.25) is 0 Å². The SMILES string of the molecule is CC[C@@H](Oc1ccccc1F)C(=O)Nc1cc(C(=O)OC)ccc1C. The van der Waals surface area contributed by atoms with Crippen LogP contribution in [0.15, 0.2) is 42.5 Å². The Labute approximate surface area is 145 Å². The molecule has 0 fully saturated rings. The molecular weight excluding hydrogens is 325 g/mol. The zero-order valence-electron chi connectivity index (χ0n) is 14.3. The number of nitrogens with one attached hydrogen (secondary N) is 1. The number of halogens is 1. The number of carbonyl (C=O) groups excluding carboxylic acids is 2. The molecular formula is C19H20FNO4. The maximum absolute atomic E-state index is 13.7. The van der Waals surface area contributed by atoms with Crippen molar-refractivity contribution in [3.63, 3.8) is 0 Å². The Kier molecular flexibility index (Phi) is 6.11. The Bertz CT molecular complexity index is 776. The van der Waals surface area contributed by atoms with E-state index < -0.39 is 23.8 Å². The molecule has 0 aromatic heterocycles. The second kappa shape index (κ2) is 8.28. The number of benzene rings is 2. The van der Waals surface area contributed by atoms with Crippen LogP contribution in [0.25, 0.3) is 0 Å². The van der Waals surface area contributed by atoms with Gasteiger partial charge < -0.3 is 14.8 Å². The first-order valence-electron chi connectivity index (χ1n) is 7.87. The van der Waals surface area contributed by atoms with E-state index in [0.717, 1.165) is 5.56 Å². The fourth-order valence-corrected chi connectivity index (χ4v) is 2.23. The third-order valence-electron chi connectivity index (χ3n) is 3.69. The molecule has 0 saturated heterocycles. The van der Waals surface area contributed by atoms with Crippen LogP contribution in [0.5, 0.6) is 5.75 Å². The van der Waals surface area contributed by atoms with Crippen molar-refractivity contribution in [2.75, 3.05) is 12.4 Å². The van der Waals surface area contributed by atoms with Gasteiger partial charge in [-0.1, -0.05) is 25.1 Å². The van der Waals surface area contributed by atoms with Crippen molar-refractivity contribution >= 4 is 17.6 Å². The molecule has 5 nitrogen and oxygen atoms in total. The topological polar surface area (TPSA) is 64.6 Å². The molecule has 0 heterocycles. The lowest BCUT2D eigenvalue weighted by atomic mass is 10.1. The highest BCUT2D eigenvalue weighted by Gasteiger charge is 2.21. The van der Waals surface area contributed by atoms with Gasteiger partial charge in [-0.25, -0.2) is 9.18 Å². The first-order valence-corrected chi connectivity index (χ1v) is 7.87. The predicted octanol–water partition coefficient (Wildman–Crippen LogP) is 3.72. The van der Waals surface area contributed by atoms with E-state index >= 15 is 0 Å². The highest BCUT2D eigenvalue weighted by Crippen LogP contribution is 2.21. The van der Waals surface area contributed by atoms with Gasteiger partial charge in [0, 0.05) is 5.69 Å². The average Bonchev–Trinajstić information content (AvgIpc) is 2.62. The summed E-state index contributed by atoms with van der Waals surface area (Å²) in [7, 11) is 1.29. The lowest BCUT2D eigenvalue weighted by Gasteiger charge is -2.18. The Morgan fingerprint density at radius 2 is 1.92 bits per heavy atom. The number of amides is 1. The van der Waals surface area contributed by atoms with Gasteiger partial charge in [-0.15, -0.1) is 0 Å². The van der Waals surface area contributed by atoms with Crippen LogP contribution in [0, 0.1) is 12.7 Å². The number of methoxy groups -OCH3 is 1. The maximum Gasteiger partial charge on any atom is 0.337 e. The summed E-state index contributed by atoms with van der Waals surface area (Å²) in [4.78, 5) is 24.1. The summed E-state index contributed by atoms with van der Waals surface area (Å²) in [5.74, 6) is -1.43. The molecule has 2 aromatic rings. The number of hydrogen-bond acceptors (Lipinski definition) is 4. The van der Waals surface area contributed by atoms with Gasteiger partial charge in [0.15, 0.2) is 17.7 Å². The minimum atomic E-state index is -0.863. The average molecular weight is 345 g/mol. The monoisotopic (exact) mass is 345 g/mol. The van der Waals surface area contributed by atoms with Gasteiger partial charge in [0.05, 0.1) is 12.7 Å². The molecule has 2 aromatic carbocycles. The molecule has 0 aliphatic heterocycles. The fourth-order valence-electron chi connectivity index (χ4n) is 2.23. The van der Waals surface area contributed by atoms with Crippen molar-refractivity contribution in [2.45, 2.75) is 26.4 Å². The van der Waals surface area contributed by atoms with E-state index in [-0.39, 0.29) is 5.75 Å². The summed E-state index contributed by atoms with van der Waals surface area (Å²) in [5.41, 5.74) is 1.58. The van der Waals surface area contributed by atoms with E-state index in [1.807, 2.05) is 0 Å². The number of esters is 1. The first kappa shape index (κ1) is 18.4. The summed E-state index contributed by atoms with van der Waals surface area (Å²) < 4.78 is 23.9. The van der Waals surface area contributed by atoms with E-state index in [2.05, 4.69) is 10.1 Å². The maximum atomic E-state index is 13.7. The van der Waals surface area contributed by atoms with Gasteiger partial charge in [-0.3, -0.25) is 4.79 Å². The lowest BCUT2D eigenvalue weighted by molar-refractivity contribution is -0.122. The van der Waals surface area contributed by atoms with E-state index in [1.54, 1.807) is 38.1 Å². The highest BCUT2D eigenvalue weighted by atomic mass is 19.1. The van der Waals surface area contributed by atoms with E-state index in [4.69, 9.17) is 4.74 Å². The van der Waals surface area contributed by atoms with E-state index in [0.29, 0.717) is 17.7 Å². The first-order chi connectivity index (χ1) is 12.0. The van der Waals surface area contributed by atoms with Crippen molar-refractivity contribution in [1.82, 2.24) is 0 Å². The van der Waals surface area contributed by atoms with Gasteiger partial charge in [-0.2, -0.15) is 0 Å². The van der Waals surface area contributed by atoms with Crippen LogP contribution in [-0.4, -0.2) is 25.1 Å². The minimum absolute atomic E-state index is 0.0181. The van der Waals surface area contributed by atoms with E-state index in [1.165, 1.54) is 25.3 Å². The predicted molar refractivity (Wildman–Crippen MR) is 92.3 cm³/mol. The third kappa shape index (κ3) is 4.56. The smallest absolute Gasteiger partial charge is 0.337 e. The molecule has 25 heavy (non-hydrogen) atoms. The summed E-state index contributed by atoms with van der Waals surface area (Å²) in [6.07, 6.45) is -0.506.